The summed E-state index contributed by atoms with van der Waals surface area (Å²) in [6.07, 6.45) is 8.82. The van der Waals surface area contributed by atoms with Gasteiger partial charge in [0.25, 0.3) is 0 Å². The molecule has 1 aromatic carbocycles. The monoisotopic (exact) mass is 551 g/mol. The van der Waals surface area contributed by atoms with Gasteiger partial charge in [-0.2, -0.15) is 0 Å². The summed E-state index contributed by atoms with van der Waals surface area (Å²) in [5.41, 5.74) is 1.38. The van der Waals surface area contributed by atoms with E-state index in [4.69, 9.17) is 4.99 Å². The zero-order valence-electron chi connectivity index (χ0n) is 19.5. The number of piperidine rings is 1. The van der Waals surface area contributed by atoms with Crippen LogP contribution in [0.15, 0.2) is 35.3 Å². The van der Waals surface area contributed by atoms with E-state index >= 15 is 0 Å². The Bertz CT molecular complexity index is 845. The molecule has 1 aromatic heterocycles. The zero-order chi connectivity index (χ0) is 21.5. The lowest BCUT2D eigenvalue weighted by Gasteiger charge is -2.35. The highest BCUT2D eigenvalue weighted by molar-refractivity contribution is 14.0. The maximum absolute atomic E-state index is 4.92. The van der Waals surface area contributed by atoms with Crippen LogP contribution in [-0.4, -0.2) is 50.8 Å². The Hall–Kier alpha value is -1.68. The normalized spacial score (nSPS) is 20.6. The van der Waals surface area contributed by atoms with E-state index in [2.05, 4.69) is 56.1 Å². The first-order valence-corrected chi connectivity index (χ1v) is 11.9. The van der Waals surface area contributed by atoms with Crippen molar-refractivity contribution in [1.82, 2.24) is 30.3 Å². The van der Waals surface area contributed by atoms with Crippen LogP contribution in [0.4, 0.5) is 0 Å². The van der Waals surface area contributed by atoms with Crippen LogP contribution in [0.1, 0.15) is 62.2 Å². The van der Waals surface area contributed by atoms with Crippen molar-refractivity contribution >= 4 is 29.9 Å². The Morgan fingerprint density at radius 2 is 1.72 bits per heavy atom. The van der Waals surface area contributed by atoms with Crippen molar-refractivity contribution in [2.45, 2.75) is 77.0 Å². The number of halogens is 1. The topological polar surface area (TPSA) is 70.4 Å². The molecule has 7 nitrogen and oxygen atoms in total. The van der Waals surface area contributed by atoms with E-state index < -0.39 is 0 Å². The van der Waals surface area contributed by atoms with Crippen molar-refractivity contribution in [3.8, 4) is 0 Å². The van der Waals surface area contributed by atoms with Crippen LogP contribution >= 0.6 is 24.0 Å². The summed E-state index contributed by atoms with van der Waals surface area (Å²) < 4.78 is 2.02. The van der Waals surface area contributed by atoms with Crippen LogP contribution in [0, 0.1) is 6.92 Å². The SMILES string of the molecule is Cc1nnc(CN=C(NC2CCCCC2)NC2CCCN(Cc3ccccc3)C2)n1C.I. The van der Waals surface area contributed by atoms with E-state index in [0.717, 1.165) is 37.2 Å². The lowest BCUT2D eigenvalue weighted by atomic mass is 9.96. The summed E-state index contributed by atoms with van der Waals surface area (Å²) in [5.74, 6) is 2.75. The third-order valence-corrected chi connectivity index (χ3v) is 6.60. The second kappa shape index (κ2) is 12.5. The van der Waals surface area contributed by atoms with Gasteiger partial charge in [-0.3, -0.25) is 4.90 Å². The van der Waals surface area contributed by atoms with Gasteiger partial charge in [0.2, 0.25) is 0 Å². The molecule has 2 heterocycles. The molecule has 0 spiro atoms. The van der Waals surface area contributed by atoms with Crippen molar-refractivity contribution < 1.29 is 0 Å². The number of rotatable bonds is 6. The highest BCUT2D eigenvalue weighted by Crippen LogP contribution is 2.18. The first kappa shape index (κ1) is 25.0. The fourth-order valence-electron chi connectivity index (χ4n) is 4.66. The predicted octanol–water partition coefficient (Wildman–Crippen LogP) is 3.77. The number of hydrogen-bond acceptors (Lipinski definition) is 4. The van der Waals surface area contributed by atoms with Gasteiger partial charge in [0.1, 0.15) is 12.4 Å². The molecule has 1 aliphatic heterocycles. The number of nitrogens with zero attached hydrogens (tertiary/aromatic N) is 5. The third kappa shape index (κ3) is 7.16. The maximum atomic E-state index is 4.92. The molecule has 1 atom stereocenters. The Morgan fingerprint density at radius 1 is 1.00 bits per heavy atom. The molecule has 1 aliphatic carbocycles. The lowest BCUT2D eigenvalue weighted by Crippen LogP contribution is -2.53. The average Bonchev–Trinajstić information content (AvgIpc) is 3.11. The van der Waals surface area contributed by atoms with E-state index in [1.165, 1.54) is 50.5 Å². The molecule has 8 heteroatoms. The van der Waals surface area contributed by atoms with Gasteiger partial charge in [-0.15, -0.1) is 34.2 Å². The molecular formula is C24H38IN7. The average molecular weight is 552 g/mol. The Balaban J connectivity index is 0.00000289. The van der Waals surface area contributed by atoms with E-state index in [-0.39, 0.29) is 24.0 Å². The van der Waals surface area contributed by atoms with Crippen molar-refractivity contribution in [3.63, 3.8) is 0 Å². The Kier molecular flexibility index (Phi) is 9.77. The van der Waals surface area contributed by atoms with Crippen LogP contribution < -0.4 is 10.6 Å². The Labute approximate surface area is 209 Å². The number of aliphatic imine (C=N–C) groups is 1. The zero-order valence-corrected chi connectivity index (χ0v) is 21.8. The van der Waals surface area contributed by atoms with Gasteiger partial charge in [0, 0.05) is 32.2 Å². The molecule has 4 rings (SSSR count). The first-order chi connectivity index (χ1) is 15.2. The molecular weight excluding hydrogens is 513 g/mol. The molecule has 32 heavy (non-hydrogen) atoms. The van der Waals surface area contributed by atoms with Gasteiger partial charge in [-0.1, -0.05) is 49.6 Å². The second-order valence-electron chi connectivity index (χ2n) is 9.07. The minimum atomic E-state index is 0. The largest absolute Gasteiger partial charge is 0.354 e. The van der Waals surface area contributed by atoms with Crippen LogP contribution in [0.3, 0.4) is 0 Å². The molecule has 176 valence electrons. The van der Waals surface area contributed by atoms with Gasteiger partial charge >= 0.3 is 0 Å². The van der Waals surface area contributed by atoms with Gasteiger partial charge < -0.3 is 15.2 Å². The van der Waals surface area contributed by atoms with E-state index in [1.807, 2.05) is 18.5 Å². The van der Waals surface area contributed by atoms with E-state index in [1.54, 1.807) is 0 Å². The fourth-order valence-corrected chi connectivity index (χ4v) is 4.66. The summed E-state index contributed by atoms with van der Waals surface area (Å²) in [6.45, 7) is 5.74. The number of hydrogen-bond donors (Lipinski definition) is 2. The maximum Gasteiger partial charge on any atom is 0.192 e. The van der Waals surface area contributed by atoms with Crippen LogP contribution in [-0.2, 0) is 20.1 Å². The second-order valence-corrected chi connectivity index (χ2v) is 9.07. The van der Waals surface area contributed by atoms with Crippen molar-refractivity contribution in [2.75, 3.05) is 13.1 Å². The number of likely N-dealkylation sites (tertiary alicyclic amines) is 1. The van der Waals surface area contributed by atoms with Crippen LogP contribution in [0.25, 0.3) is 0 Å². The highest BCUT2D eigenvalue weighted by atomic mass is 127. The third-order valence-electron chi connectivity index (χ3n) is 6.60. The molecule has 1 saturated carbocycles. The summed E-state index contributed by atoms with van der Waals surface area (Å²) >= 11 is 0. The quantitative estimate of drug-likeness (QED) is 0.325. The number of guanidine groups is 1. The molecule has 2 fully saturated rings. The lowest BCUT2D eigenvalue weighted by molar-refractivity contribution is 0.192. The van der Waals surface area contributed by atoms with Crippen molar-refractivity contribution in [2.24, 2.45) is 12.0 Å². The smallest absolute Gasteiger partial charge is 0.192 e. The summed E-state index contributed by atoms with van der Waals surface area (Å²) in [6, 6.07) is 11.7. The summed E-state index contributed by atoms with van der Waals surface area (Å²) in [4.78, 5) is 7.47. The van der Waals surface area contributed by atoms with Crippen molar-refractivity contribution in [1.29, 1.82) is 0 Å². The molecule has 2 aliphatic rings. The molecule has 1 unspecified atom stereocenters. The minimum Gasteiger partial charge on any atom is -0.354 e. The van der Waals surface area contributed by atoms with Gasteiger partial charge in [-0.25, -0.2) is 4.99 Å². The highest BCUT2D eigenvalue weighted by Gasteiger charge is 2.22. The van der Waals surface area contributed by atoms with Gasteiger partial charge in [0.15, 0.2) is 11.8 Å². The van der Waals surface area contributed by atoms with E-state index in [9.17, 15) is 0 Å². The number of aryl methyl sites for hydroxylation is 1. The van der Waals surface area contributed by atoms with Crippen molar-refractivity contribution in [3.05, 3.63) is 47.5 Å². The predicted molar refractivity (Wildman–Crippen MR) is 140 cm³/mol. The molecule has 2 aromatic rings. The number of nitrogens with one attached hydrogen (secondary N) is 2. The number of aromatic nitrogens is 3. The molecule has 2 N–H and O–H groups in total. The summed E-state index contributed by atoms with van der Waals surface area (Å²) in [5, 5.41) is 15.9. The Morgan fingerprint density at radius 3 is 2.44 bits per heavy atom. The van der Waals surface area contributed by atoms with Gasteiger partial charge in [0.05, 0.1) is 0 Å². The summed E-state index contributed by atoms with van der Waals surface area (Å²) in [7, 11) is 2.00. The van der Waals surface area contributed by atoms with Crippen LogP contribution in [0.5, 0.6) is 0 Å². The molecule has 0 radical (unpaired) electrons. The standard InChI is InChI=1S/C24H37N7.HI/c1-19-28-29-23(30(19)2)16-25-24(26-21-12-7-4-8-13-21)27-22-14-9-15-31(18-22)17-20-10-5-3-6-11-20;/h3,5-6,10-11,21-22H,4,7-9,12-18H2,1-2H3,(H2,25,26,27);1H. The molecule has 0 bridgehead atoms. The van der Waals surface area contributed by atoms with E-state index in [0.29, 0.717) is 18.6 Å². The van der Waals surface area contributed by atoms with Gasteiger partial charge in [-0.05, 0) is 44.7 Å². The molecule has 1 saturated heterocycles. The first-order valence-electron chi connectivity index (χ1n) is 11.9. The fraction of sp³-hybridized carbons (Fsp3) is 0.625. The number of benzene rings is 1. The minimum absolute atomic E-state index is 0. The molecule has 0 amide bonds. The van der Waals surface area contributed by atoms with Crippen LogP contribution in [0.2, 0.25) is 0 Å².